The average Bonchev–Trinajstić information content (AvgIpc) is 2.47. The van der Waals surface area contributed by atoms with Gasteiger partial charge < -0.3 is 9.22 Å². The van der Waals surface area contributed by atoms with Gasteiger partial charge in [-0.3, -0.25) is 0 Å². The molecule has 2 nitrogen and oxygen atoms in total. The van der Waals surface area contributed by atoms with E-state index in [1.807, 2.05) is 30.3 Å². The van der Waals surface area contributed by atoms with E-state index in [2.05, 4.69) is 44.4 Å². The summed E-state index contributed by atoms with van der Waals surface area (Å²) in [6.07, 6.45) is 1.11. The largest absolute Gasteiger partial charge is 0.488 e. The summed E-state index contributed by atoms with van der Waals surface area (Å²) in [5.74, 6) is 0.954. The van der Waals surface area contributed by atoms with Crippen LogP contribution in [0, 0.1) is 0 Å². The van der Waals surface area contributed by atoms with Gasteiger partial charge in [-0.05, 0) is 17.7 Å². The molecule has 0 unspecified atom stereocenters. The molecule has 0 N–H and O–H groups in total. The molecule has 0 bridgehead atoms. The molecule has 106 valence electrons. The van der Waals surface area contributed by atoms with Gasteiger partial charge in [-0.1, -0.05) is 48.5 Å². The fourth-order valence-electron chi connectivity index (χ4n) is 2.12. The van der Waals surface area contributed by atoms with Gasteiger partial charge in [-0.25, -0.2) is 0 Å². The molecule has 0 spiro atoms. The van der Waals surface area contributed by atoms with E-state index in [9.17, 15) is 0 Å². The van der Waals surface area contributed by atoms with Gasteiger partial charge in [0.1, 0.15) is 18.9 Å². The molecule has 0 saturated carbocycles. The van der Waals surface area contributed by atoms with Crippen LogP contribution in [-0.4, -0.2) is 38.3 Å². The van der Waals surface area contributed by atoms with Crippen molar-refractivity contribution >= 4 is 0 Å². The van der Waals surface area contributed by atoms with Crippen molar-refractivity contribution in [3.05, 3.63) is 66.2 Å². The second kappa shape index (κ2) is 7.11. The Morgan fingerprint density at radius 1 is 0.800 bits per heavy atom. The summed E-state index contributed by atoms with van der Waals surface area (Å²) in [5, 5.41) is 0. The number of ether oxygens (including phenoxy) is 1. The molecule has 0 aliphatic rings. The predicted molar refractivity (Wildman–Crippen MR) is 83.9 cm³/mol. The third kappa shape index (κ3) is 5.06. The summed E-state index contributed by atoms with van der Waals surface area (Å²) in [7, 11) is 4.52. The highest BCUT2D eigenvalue weighted by Crippen LogP contribution is 2.09. The molecule has 0 aliphatic heterocycles. The molecule has 0 amide bonds. The van der Waals surface area contributed by atoms with Crippen LogP contribution in [0.3, 0.4) is 0 Å². The summed E-state index contributed by atoms with van der Waals surface area (Å²) in [5.41, 5.74) is 1.41. The molecular formula is C18H24NO+. The molecule has 2 aromatic rings. The molecular weight excluding hydrogens is 246 g/mol. The summed E-state index contributed by atoms with van der Waals surface area (Å²) in [6, 6.07) is 20.7. The summed E-state index contributed by atoms with van der Waals surface area (Å²) in [6.45, 7) is 2.90. The lowest BCUT2D eigenvalue weighted by atomic mass is 10.1. The van der Waals surface area contributed by atoms with Crippen molar-refractivity contribution < 1.29 is 9.22 Å². The van der Waals surface area contributed by atoms with E-state index in [1.54, 1.807) is 0 Å². The summed E-state index contributed by atoms with van der Waals surface area (Å²) >= 11 is 0. The van der Waals surface area contributed by atoms with Crippen LogP contribution in [0.25, 0.3) is 0 Å². The van der Waals surface area contributed by atoms with Gasteiger partial charge in [0.25, 0.3) is 0 Å². The SMILES string of the molecule is C[N+](C)(CCOc1ccccc1)CCc1ccccc1. The van der Waals surface area contributed by atoms with E-state index in [4.69, 9.17) is 4.74 Å². The molecule has 0 saturated heterocycles. The molecule has 0 fully saturated rings. The minimum atomic E-state index is 0.756. The van der Waals surface area contributed by atoms with Crippen molar-refractivity contribution in [3.8, 4) is 5.75 Å². The topological polar surface area (TPSA) is 9.23 Å². The highest BCUT2D eigenvalue weighted by atomic mass is 16.5. The second-order valence-electron chi connectivity index (χ2n) is 5.78. The zero-order valence-corrected chi connectivity index (χ0v) is 12.5. The lowest BCUT2D eigenvalue weighted by molar-refractivity contribution is -0.890. The maximum Gasteiger partial charge on any atom is 0.137 e. The molecule has 0 radical (unpaired) electrons. The second-order valence-corrected chi connectivity index (χ2v) is 5.78. The highest BCUT2D eigenvalue weighted by molar-refractivity contribution is 5.20. The fraction of sp³-hybridized carbons (Fsp3) is 0.333. The number of likely N-dealkylation sites (N-methyl/N-ethyl adjacent to an activating group) is 1. The van der Waals surface area contributed by atoms with Crippen molar-refractivity contribution in [2.75, 3.05) is 33.8 Å². The molecule has 0 heterocycles. The number of benzene rings is 2. The van der Waals surface area contributed by atoms with Gasteiger partial charge in [0.15, 0.2) is 0 Å². The lowest BCUT2D eigenvalue weighted by Crippen LogP contribution is -2.44. The standard InChI is InChI=1S/C18H24NO/c1-19(2,14-13-17-9-5-3-6-10-17)15-16-20-18-11-7-4-8-12-18/h3-12H,13-16H2,1-2H3/q+1. The summed E-state index contributed by atoms with van der Waals surface area (Å²) < 4.78 is 6.75. The first-order valence-electron chi connectivity index (χ1n) is 7.19. The van der Waals surface area contributed by atoms with Crippen LogP contribution in [-0.2, 0) is 6.42 Å². The van der Waals surface area contributed by atoms with Crippen LogP contribution in [0.15, 0.2) is 60.7 Å². The normalized spacial score (nSPS) is 11.3. The van der Waals surface area contributed by atoms with Crippen LogP contribution in [0.4, 0.5) is 0 Å². The molecule has 2 rings (SSSR count). The van der Waals surface area contributed by atoms with Gasteiger partial charge in [0.2, 0.25) is 0 Å². The lowest BCUT2D eigenvalue weighted by Gasteiger charge is -2.29. The van der Waals surface area contributed by atoms with Crippen molar-refractivity contribution in [3.63, 3.8) is 0 Å². The molecule has 0 atom stereocenters. The van der Waals surface area contributed by atoms with E-state index >= 15 is 0 Å². The fourth-order valence-corrected chi connectivity index (χ4v) is 2.12. The van der Waals surface area contributed by atoms with E-state index in [0.717, 1.165) is 36.3 Å². The average molecular weight is 270 g/mol. The Morgan fingerprint density at radius 2 is 1.40 bits per heavy atom. The Bertz CT molecular complexity index is 493. The monoisotopic (exact) mass is 270 g/mol. The van der Waals surface area contributed by atoms with Gasteiger partial charge in [-0.2, -0.15) is 0 Å². The molecule has 0 aliphatic carbocycles. The maximum atomic E-state index is 5.78. The van der Waals surface area contributed by atoms with Crippen LogP contribution in [0.5, 0.6) is 5.75 Å². The van der Waals surface area contributed by atoms with E-state index in [1.165, 1.54) is 5.56 Å². The van der Waals surface area contributed by atoms with Gasteiger partial charge in [-0.15, -0.1) is 0 Å². The van der Waals surface area contributed by atoms with Crippen molar-refractivity contribution in [2.24, 2.45) is 0 Å². The van der Waals surface area contributed by atoms with Crippen molar-refractivity contribution in [1.82, 2.24) is 0 Å². The highest BCUT2D eigenvalue weighted by Gasteiger charge is 2.14. The molecule has 20 heavy (non-hydrogen) atoms. The van der Waals surface area contributed by atoms with Crippen molar-refractivity contribution in [1.29, 1.82) is 0 Å². The molecule has 0 aromatic heterocycles. The minimum Gasteiger partial charge on any atom is -0.488 e. The number of hydrogen-bond acceptors (Lipinski definition) is 1. The Hall–Kier alpha value is -1.80. The third-order valence-corrected chi connectivity index (χ3v) is 3.56. The first-order chi connectivity index (χ1) is 9.66. The molecule has 2 aromatic carbocycles. The number of nitrogens with zero attached hydrogens (tertiary/aromatic N) is 1. The zero-order chi connectivity index (χ0) is 14.3. The van der Waals surface area contributed by atoms with Crippen LogP contribution in [0.1, 0.15) is 5.56 Å². The predicted octanol–water partition coefficient (Wildman–Crippen LogP) is 3.38. The number of hydrogen-bond donors (Lipinski definition) is 0. The Kier molecular flexibility index (Phi) is 5.19. The Morgan fingerprint density at radius 3 is 2.05 bits per heavy atom. The van der Waals surface area contributed by atoms with Crippen molar-refractivity contribution in [2.45, 2.75) is 6.42 Å². The maximum absolute atomic E-state index is 5.78. The summed E-state index contributed by atoms with van der Waals surface area (Å²) in [4.78, 5) is 0. The van der Waals surface area contributed by atoms with E-state index in [0.29, 0.717) is 0 Å². The van der Waals surface area contributed by atoms with E-state index in [-0.39, 0.29) is 0 Å². The van der Waals surface area contributed by atoms with Gasteiger partial charge >= 0.3 is 0 Å². The zero-order valence-electron chi connectivity index (χ0n) is 12.5. The Balaban J connectivity index is 1.73. The van der Waals surface area contributed by atoms with Gasteiger partial charge in [0.05, 0.1) is 20.6 Å². The minimum absolute atomic E-state index is 0.756. The smallest absolute Gasteiger partial charge is 0.137 e. The Labute approximate surface area is 122 Å². The van der Waals surface area contributed by atoms with Gasteiger partial charge in [0, 0.05) is 6.42 Å². The van der Waals surface area contributed by atoms with E-state index < -0.39 is 0 Å². The quantitative estimate of drug-likeness (QED) is 0.701. The number of quaternary nitrogens is 1. The first kappa shape index (κ1) is 14.6. The number of rotatable bonds is 7. The number of para-hydroxylation sites is 1. The van der Waals surface area contributed by atoms with Crippen LogP contribution >= 0.6 is 0 Å². The van der Waals surface area contributed by atoms with Crippen LogP contribution in [0.2, 0.25) is 0 Å². The first-order valence-corrected chi connectivity index (χ1v) is 7.19. The van der Waals surface area contributed by atoms with Crippen LogP contribution < -0.4 is 4.74 Å². The third-order valence-electron chi connectivity index (χ3n) is 3.56. The molecule has 2 heteroatoms.